The van der Waals surface area contributed by atoms with E-state index < -0.39 is 6.03 Å². The molecule has 0 unspecified atom stereocenters. The molecule has 3 amide bonds. The molecule has 1 aliphatic heterocycles. The Morgan fingerprint density at radius 3 is 2.96 bits per heavy atom. The lowest BCUT2D eigenvalue weighted by Crippen LogP contribution is -2.43. The molecule has 0 fully saturated rings. The molecule has 126 valence electrons. The van der Waals surface area contributed by atoms with Crippen molar-refractivity contribution >= 4 is 11.9 Å². The number of fused-ring (bicyclic) bond motifs is 1. The number of amides is 3. The molecule has 0 spiro atoms. The molecule has 0 atom stereocenters. The number of pyridine rings is 1. The van der Waals surface area contributed by atoms with Crippen molar-refractivity contribution in [2.45, 2.75) is 13.0 Å². The fourth-order valence-electron chi connectivity index (χ4n) is 2.56. The van der Waals surface area contributed by atoms with Crippen LogP contribution in [0.5, 0.6) is 5.88 Å². The van der Waals surface area contributed by atoms with Crippen molar-refractivity contribution in [1.82, 2.24) is 25.2 Å². The van der Waals surface area contributed by atoms with E-state index in [1.54, 1.807) is 24.3 Å². The van der Waals surface area contributed by atoms with Crippen molar-refractivity contribution in [3.63, 3.8) is 0 Å². The molecule has 2 aromatic heterocycles. The molecule has 3 rings (SSSR count). The van der Waals surface area contributed by atoms with Crippen molar-refractivity contribution in [1.29, 1.82) is 0 Å². The third-order valence-electron chi connectivity index (χ3n) is 3.82. The summed E-state index contributed by atoms with van der Waals surface area (Å²) in [6.07, 6.45) is 2.33. The summed E-state index contributed by atoms with van der Waals surface area (Å²) >= 11 is 0. The number of hydrogen-bond acceptors (Lipinski definition) is 5. The number of H-pyrrole nitrogens is 1. The van der Waals surface area contributed by atoms with Crippen LogP contribution in [0.2, 0.25) is 0 Å². The summed E-state index contributed by atoms with van der Waals surface area (Å²) in [6.45, 7) is 0.872. The van der Waals surface area contributed by atoms with Gasteiger partial charge in [0.2, 0.25) is 11.8 Å². The molecule has 0 radical (unpaired) electrons. The number of imidazole rings is 1. The molecule has 0 aliphatic carbocycles. The monoisotopic (exact) mass is 330 g/mol. The number of methoxy groups -OCH3 is 1. The van der Waals surface area contributed by atoms with E-state index in [2.05, 4.69) is 20.3 Å². The highest BCUT2D eigenvalue weighted by atomic mass is 16.5. The van der Waals surface area contributed by atoms with Crippen LogP contribution in [0, 0.1) is 0 Å². The first kappa shape index (κ1) is 15.8. The van der Waals surface area contributed by atoms with Crippen LogP contribution < -0.4 is 15.8 Å². The van der Waals surface area contributed by atoms with Crippen molar-refractivity contribution in [3.05, 3.63) is 29.7 Å². The van der Waals surface area contributed by atoms with Gasteiger partial charge in [-0.1, -0.05) is 0 Å². The van der Waals surface area contributed by atoms with Gasteiger partial charge in [-0.15, -0.1) is 0 Å². The molecule has 2 aromatic rings. The SMILES string of the molecule is COc1ccc(-c2nc3c([nH]2)CN(C(=O)CNC(N)=O)CC3)cn1. The van der Waals surface area contributed by atoms with Gasteiger partial charge in [-0.25, -0.2) is 14.8 Å². The number of carbonyl (C=O) groups is 2. The number of carbonyl (C=O) groups excluding carboxylic acids is 2. The fraction of sp³-hybridized carbons (Fsp3) is 0.333. The first-order valence-electron chi connectivity index (χ1n) is 7.46. The molecule has 0 saturated carbocycles. The highest BCUT2D eigenvalue weighted by Gasteiger charge is 2.24. The summed E-state index contributed by atoms with van der Waals surface area (Å²) < 4.78 is 5.04. The predicted molar refractivity (Wildman–Crippen MR) is 85.1 cm³/mol. The van der Waals surface area contributed by atoms with Crippen molar-refractivity contribution in [2.24, 2.45) is 5.73 Å². The molecule has 0 bridgehead atoms. The summed E-state index contributed by atoms with van der Waals surface area (Å²) in [5, 5.41) is 2.31. The zero-order valence-electron chi connectivity index (χ0n) is 13.2. The molecule has 0 aromatic carbocycles. The summed E-state index contributed by atoms with van der Waals surface area (Å²) in [4.78, 5) is 36.4. The number of ether oxygens (including phenoxy) is 1. The molecular weight excluding hydrogens is 312 g/mol. The number of nitrogens with zero attached hydrogens (tertiary/aromatic N) is 3. The Hall–Kier alpha value is -3.10. The van der Waals surface area contributed by atoms with E-state index in [0.29, 0.717) is 31.2 Å². The quantitative estimate of drug-likeness (QED) is 0.729. The topological polar surface area (TPSA) is 126 Å². The number of urea groups is 1. The fourth-order valence-corrected chi connectivity index (χ4v) is 2.56. The highest BCUT2D eigenvalue weighted by molar-refractivity contribution is 5.83. The zero-order valence-corrected chi connectivity index (χ0v) is 13.2. The summed E-state index contributed by atoms with van der Waals surface area (Å²) in [7, 11) is 1.56. The van der Waals surface area contributed by atoms with E-state index in [1.807, 2.05) is 6.07 Å². The largest absolute Gasteiger partial charge is 0.481 e. The average Bonchev–Trinajstić information content (AvgIpc) is 3.02. The third kappa shape index (κ3) is 3.29. The number of hydrogen-bond donors (Lipinski definition) is 3. The normalized spacial score (nSPS) is 13.3. The van der Waals surface area contributed by atoms with Crippen LogP contribution in [-0.2, 0) is 17.8 Å². The Labute approximate surface area is 138 Å². The van der Waals surface area contributed by atoms with Crippen molar-refractivity contribution in [3.8, 4) is 17.3 Å². The highest BCUT2D eigenvalue weighted by Crippen LogP contribution is 2.23. The molecule has 0 saturated heterocycles. The van der Waals surface area contributed by atoms with E-state index in [0.717, 1.165) is 17.0 Å². The lowest BCUT2D eigenvalue weighted by Gasteiger charge is -2.26. The first-order valence-corrected chi connectivity index (χ1v) is 7.46. The van der Waals surface area contributed by atoms with Crippen LogP contribution in [-0.4, -0.2) is 52.0 Å². The van der Waals surface area contributed by atoms with Gasteiger partial charge in [0.05, 0.1) is 31.6 Å². The minimum absolute atomic E-state index is 0.103. The van der Waals surface area contributed by atoms with Gasteiger partial charge in [0.15, 0.2) is 0 Å². The van der Waals surface area contributed by atoms with E-state index in [4.69, 9.17) is 10.5 Å². The number of rotatable bonds is 4. The summed E-state index contributed by atoms with van der Waals surface area (Å²) in [6, 6.07) is 2.93. The van der Waals surface area contributed by atoms with Crippen molar-refractivity contribution < 1.29 is 14.3 Å². The lowest BCUT2D eigenvalue weighted by molar-refractivity contribution is -0.131. The summed E-state index contributed by atoms with van der Waals surface area (Å²) in [5.41, 5.74) is 7.66. The van der Waals surface area contributed by atoms with Gasteiger partial charge in [-0.2, -0.15) is 0 Å². The van der Waals surface area contributed by atoms with Gasteiger partial charge in [0.1, 0.15) is 5.82 Å². The number of aromatic amines is 1. The van der Waals surface area contributed by atoms with Crippen molar-refractivity contribution in [2.75, 3.05) is 20.2 Å². The van der Waals surface area contributed by atoms with Crippen LogP contribution in [0.1, 0.15) is 11.4 Å². The van der Waals surface area contributed by atoms with Gasteiger partial charge in [0.25, 0.3) is 0 Å². The van der Waals surface area contributed by atoms with E-state index in [9.17, 15) is 9.59 Å². The summed E-state index contributed by atoms with van der Waals surface area (Å²) in [5.74, 6) is 1.07. The molecule has 24 heavy (non-hydrogen) atoms. The number of nitrogens with one attached hydrogen (secondary N) is 2. The molecule has 9 nitrogen and oxygen atoms in total. The van der Waals surface area contributed by atoms with E-state index >= 15 is 0 Å². The second-order valence-corrected chi connectivity index (χ2v) is 5.38. The third-order valence-corrected chi connectivity index (χ3v) is 3.82. The van der Waals surface area contributed by atoms with E-state index in [-0.39, 0.29) is 12.5 Å². The van der Waals surface area contributed by atoms with Gasteiger partial charge >= 0.3 is 6.03 Å². The number of primary amides is 1. The standard InChI is InChI=1S/C15H18N6O3/c1-24-12-3-2-9(6-17-12)14-19-10-4-5-21(8-11(10)20-14)13(22)7-18-15(16)23/h2-3,6H,4-5,7-8H2,1H3,(H,19,20)(H3,16,18,23). The Morgan fingerprint density at radius 2 is 2.29 bits per heavy atom. The Balaban J connectivity index is 1.72. The molecular formula is C15H18N6O3. The maximum absolute atomic E-state index is 12.1. The minimum Gasteiger partial charge on any atom is -0.481 e. The first-order chi connectivity index (χ1) is 11.6. The van der Waals surface area contributed by atoms with Crippen LogP contribution in [0.25, 0.3) is 11.4 Å². The predicted octanol–water partition coefficient (Wildman–Crippen LogP) is 0.0333. The van der Waals surface area contributed by atoms with E-state index in [1.165, 1.54) is 0 Å². The zero-order chi connectivity index (χ0) is 17.1. The van der Waals surface area contributed by atoms with Crippen LogP contribution in [0.4, 0.5) is 4.79 Å². The Kier molecular flexibility index (Phi) is 4.32. The molecule has 3 heterocycles. The van der Waals surface area contributed by atoms with Gasteiger partial charge in [-0.3, -0.25) is 4.79 Å². The van der Waals surface area contributed by atoms with Gasteiger partial charge in [-0.05, 0) is 6.07 Å². The van der Waals surface area contributed by atoms with Gasteiger partial charge < -0.3 is 25.7 Å². The van der Waals surface area contributed by atoms with Crippen LogP contribution >= 0.6 is 0 Å². The molecule has 4 N–H and O–H groups in total. The Morgan fingerprint density at radius 1 is 1.46 bits per heavy atom. The average molecular weight is 330 g/mol. The second-order valence-electron chi connectivity index (χ2n) is 5.38. The van der Waals surface area contributed by atoms with Crippen LogP contribution in [0.3, 0.4) is 0 Å². The second kappa shape index (κ2) is 6.57. The molecule has 1 aliphatic rings. The van der Waals surface area contributed by atoms with Crippen LogP contribution in [0.15, 0.2) is 18.3 Å². The number of aromatic nitrogens is 3. The minimum atomic E-state index is -0.711. The number of nitrogens with two attached hydrogens (primary N) is 1. The molecule has 9 heteroatoms. The Bertz CT molecular complexity index is 755. The maximum Gasteiger partial charge on any atom is 0.312 e. The smallest absolute Gasteiger partial charge is 0.312 e. The van der Waals surface area contributed by atoms with Gasteiger partial charge in [0, 0.05) is 30.8 Å². The maximum atomic E-state index is 12.1. The lowest BCUT2D eigenvalue weighted by atomic mass is 10.1.